The Labute approximate surface area is 215 Å². The van der Waals surface area contributed by atoms with Crippen molar-refractivity contribution in [3.63, 3.8) is 0 Å². The van der Waals surface area contributed by atoms with Crippen molar-refractivity contribution in [1.82, 2.24) is 9.55 Å². The van der Waals surface area contributed by atoms with E-state index in [-0.39, 0.29) is 28.6 Å². The smallest absolute Gasteiger partial charge is 0.204 e. The Morgan fingerprint density at radius 1 is 0.973 bits per heavy atom. The number of methoxy groups -OCH3 is 3. The number of carbonyl (C=O) groups is 1. The molecule has 0 atom stereocenters. The molecule has 0 spiro atoms. The third kappa shape index (κ3) is 5.86. The van der Waals surface area contributed by atoms with Crippen molar-refractivity contribution in [1.29, 1.82) is 0 Å². The van der Waals surface area contributed by atoms with Gasteiger partial charge in [0.15, 0.2) is 17.3 Å². The number of ether oxygens (including phenoxy) is 4. The molecule has 192 valence electrons. The Morgan fingerprint density at radius 3 is 2.46 bits per heavy atom. The molecule has 8 nitrogen and oxygen atoms in total. The van der Waals surface area contributed by atoms with Gasteiger partial charge < -0.3 is 28.6 Å². The van der Waals surface area contributed by atoms with Gasteiger partial charge in [0.25, 0.3) is 0 Å². The van der Waals surface area contributed by atoms with Crippen LogP contribution in [0.25, 0.3) is 17.1 Å². The number of hydrogen-bond acceptors (Lipinski definition) is 7. The Morgan fingerprint density at radius 2 is 1.73 bits per heavy atom. The minimum atomic E-state index is -0.429. The third-order valence-corrected chi connectivity index (χ3v) is 5.95. The van der Waals surface area contributed by atoms with E-state index in [4.69, 9.17) is 18.9 Å². The van der Waals surface area contributed by atoms with Crippen LogP contribution in [0.4, 0.5) is 0 Å². The minimum Gasteiger partial charge on any atom is -0.507 e. The summed E-state index contributed by atoms with van der Waals surface area (Å²) in [6.07, 6.45) is 6.82. The number of aromatic hydroxyl groups is 1. The topological polar surface area (TPSA) is 92.0 Å². The van der Waals surface area contributed by atoms with E-state index >= 15 is 0 Å². The van der Waals surface area contributed by atoms with E-state index in [0.29, 0.717) is 6.61 Å². The first-order chi connectivity index (χ1) is 18.0. The first-order valence-corrected chi connectivity index (χ1v) is 11.9. The summed E-state index contributed by atoms with van der Waals surface area (Å²) in [7, 11) is 4.27. The van der Waals surface area contributed by atoms with Gasteiger partial charge in [-0.25, -0.2) is 4.98 Å². The number of allylic oxidation sites excluding steroid dienone is 1. The average Bonchev–Trinajstić information content (AvgIpc) is 3.34. The minimum absolute atomic E-state index is 0.0000407. The van der Waals surface area contributed by atoms with Gasteiger partial charge in [-0.05, 0) is 48.7 Å². The lowest BCUT2D eigenvalue weighted by atomic mass is 10.0. The summed E-state index contributed by atoms with van der Waals surface area (Å²) in [5.41, 5.74) is 2.96. The SMILES string of the molecule is COc1cc(O)c(C(=O)/C=C/c2ccc(OCCCCn3cnc4ccccc43)cc2)c(OC)c1OC. The van der Waals surface area contributed by atoms with Crippen molar-refractivity contribution >= 4 is 22.9 Å². The highest BCUT2D eigenvalue weighted by atomic mass is 16.5. The van der Waals surface area contributed by atoms with Gasteiger partial charge in [-0.1, -0.05) is 30.3 Å². The van der Waals surface area contributed by atoms with Crippen LogP contribution >= 0.6 is 0 Å². The zero-order valence-electron chi connectivity index (χ0n) is 21.1. The molecule has 1 heterocycles. The summed E-state index contributed by atoms with van der Waals surface area (Å²) < 4.78 is 23.9. The molecule has 3 aromatic carbocycles. The molecule has 4 aromatic rings. The zero-order chi connectivity index (χ0) is 26.2. The molecule has 0 unspecified atom stereocenters. The van der Waals surface area contributed by atoms with E-state index in [2.05, 4.69) is 15.6 Å². The number of imidazole rings is 1. The molecule has 0 amide bonds. The molecular weight excluding hydrogens is 472 g/mol. The van der Waals surface area contributed by atoms with Crippen LogP contribution < -0.4 is 18.9 Å². The number of aryl methyl sites for hydroxylation is 1. The standard InChI is InChI=1S/C29H30N2O6/c1-34-26-18-25(33)27(29(36-3)28(26)35-2)24(32)15-12-20-10-13-21(14-11-20)37-17-7-6-16-31-19-30-22-8-4-5-9-23(22)31/h4-5,8-15,18-19,33H,6-7,16-17H2,1-3H3/b15-12+. The van der Waals surface area contributed by atoms with Crippen molar-refractivity contribution in [2.45, 2.75) is 19.4 Å². The molecule has 4 rings (SSSR count). The fourth-order valence-electron chi connectivity index (χ4n) is 4.07. The summed E-state index contributed by atoms with van der Waals surface area (Å²) in [5, 5.41) is 10.4. The van der Waals surface area contributed by atoms with Gasteiger partial charge in [0.05, 0.1) is 45.3 Å². The number of rotatable bonds is 12. The number of nitrogens with zero attached hydrogens (tertiary/aromatic N) is 2. The Kier molecular flexibility index (Phi) is 8.30. The average molecular weight is 503 g/mol. The fourth-order valence-corrected chi connectivity index (χ4v) is 4.07. The second-order valence-corrected chi connectivity index (χ2v) is 8.29. The molecule has 1 N–H and O–H groups in total. The molecule has 0 bridgehead atoms. The molecule has 0 saturated carbocycles. The van der Waals surface area contributed by atoms with Gasteiger partial charge in [0.1, 0.15) is 17.1 Å². The summed E-state index contributed by atoms with van der Waals surface area (Å²) in [5.74, 6) is 0.688. The highest BCUT2D eigenvalue weighted by Gasteiger charge is 2.24. The molecule has 1 aromatic heterocycles. The number of unbranched alkanes of at least 4 members (excludes halogenated alkanes) is 1. The summed E-state index contributed by atoms with van der Waals surface area (Å²) in [6.45, 7) is 1.50. The van der Waals surface area contributed by atoms with Crippen molar-refractivity contribution in [3.05, 3.63) is 78.1 Å². The second-order valence-electron chi connectivity index (χ2n) is 8.29. The maximum atomic E-state index is 12.9. The molecule has 0 radical (unpaired) electrons. The Balaban J connectivity index is 1.31. The highest BCUT2D eigenvalue weighted by Crippen LogP contribution is 2.45. The number of aromatic nitrogens is 2. The maximum Gasteiger partial charge on any atom is 0.204 e. The normalized spacial score (nSPS) is 11.1. The Hall–Kier alpha value is -4.46. The first kappa shape index (κ1) is 25.6. The number of benzene rings is 3. The van der Waals surface area contributed by atoms with Gasteiger partial charge in [-0.3, -0.25) is 4.79 Å². The van der Waals surface area contributed by atoms with E-state index in [0.717, 1.165) is 41.7 Å². The number of phenolic OH excluding ortho intramolecular Hbond substituents is 1. The lowest BCUT2D eigenvalue weighted by molar-refractivity contribution is 0.104. The van der Waals surface area contributed by atoms with Gasteiger partial charge in [0, 0.05) is 12.6 Å². The molecule has 37 heavy (non-hydrogen) atoms. The molecule has 0 aliphatic rings. The van der Waals surface area contributed by atoms with Crippen molar-refractivity contribution < 1.29 is 28.8 Å². The monoisotopic (exact) mass is 502 g/mol. The van der Waals surface area contributed by atoms with Crippen LogP contribution in [-0.2, 0) is 6.54 Å². The summed E-state index contributed by atoms with van der Waals surface area (Å²) >= 11 is 0. The Bertz CT molecular complexity index is 1390. The number of phenols is 1. The number of fused-ring (bicyclic) bond motifs is 1. The van der Waals surface area contributed by atoms with E-state index in [9.17, 15) is 9.90 Å². The van der Waals surface area contributed by atoms with Crippen LogP contribution in [0.2, 0.25) is 0 Å². The largest absolute Gasteiger partial charge is 0.507 e. The molecule has 0 fully saturated rings. The summed E-state index contributed by atoms with van der Waals surface area (Å²) in [4.78, 5) is 17.3. The highest BCUT2D eigenvalue weighted by molar-refractivity contribution is 6.11. The fraction of sp³-hybridized carbons (Fsp3) is 0.241. The molecule has 0 aliphatic carbocycles. The van der Waals surface area contributed by atoms with E-state index in [1.807, 2.05) is 48.8 Å². The van der Waals surface area contributed by atoms with Crippen molar-refractivity contribution in [2.24, 2.45) is 0 Å². The van der Waals surface area contributed by atoms with Crippen LogP contribution in [0.1, 0.15) is 28.8 Å². The van der Waals surface area contributed by atoms with Crippen molar-refractivity contribution in [3.8, 4) is 28.7 Å². The lowest BCUT2D eigenvalue weighted by Gasteiger charge is -2.15. The van der Waals surface area contributed by atoms with E-state index < -0.39 is 5.78 Å². The number of hydrogen-bond donors (Lipinski definition) is 1. The maximum absolute atomic E-state index is 12.9. The van der Waals surface area contributed by atoms with Gasteiger partial charge in [-0.15, -0.1) is 0 Å². The van der Waals surface area contributed by atoms with Crippen LogP contribution in [0.15, 0.2) is 67.0 Å². The lowest BCUT2D eigenvalue weighted by Crippen LogP contribution is -2.03. The quantitative estimate of drug-likeness (QED) is 0.155. The van der Waals surface area contributed by atoms with Crippen LogP contribution in [-0.4, -0.2) is 48.4 Å². The van der Waals surface area contributed by atoms with Gasteiger partial charge in [-0.2, -0.15) is 0 Å². The molecule has 0 aliphatic heterocycles. The molecule has 8 heteroatoms. The number of para-hydroxylation sites is 2. The van der Waals surface area contributed by atoms with Crippen LogP contribution in [0.3, 0.4) is 0 Å². The van der Waals surface area contributed by atoms with Gasteiger partial charge in [0.2, 0.25) is 5.75 Å². The first-order valence-electron chi connectivity index (χ1n) is 11.9. The number of carbonyl (C=O) groups excluding carboxylic acids is 1. The third-order valence-electron chi connectivity index (χ3n) is 5.95. The van der Waals surface area contributed by atoms with Crippen LogP contribution in [0.5, 0.6) is 28.7 Å². The van der Waals surface area contributed by atoms with Crippen LogP contribution in [0, 0.1) is 0 Å². The predicted octanol–water partition coefficient (Wildman–Crippen LogP) is 5.52. The van der Waals surface area contributed by atoms with E-state index in [1.54, 1.807) is 6.08 Å². The van der Waals surface area contributed by atoms with Gasteiger partial charge >= 0.3 is 0 Å². The number of ketones is 1. The predicted molar refractivity (Wildman–Crippen MR) is 142 cm³/mol. The summed E-state index contributed by atoms with van der Waals surface area (Å²) in [6, 6.07) is 16.9. The van der Waals surface area contributed by atoms with Crippen molar-refractivity contribution in [2.75, 3.05) is 27.9 Å². The zero-order valence-corrected chi connectivity index (χ0v) is 21.1. The van der Waals surface area contributed by atoms with E-state index in [1.165, 1.54) is 33.5 Å². The second kappa shape index (κ2) is 12.0. The molecule has 0 saturated heterocycles. The molecular formula is C29H30N2O6.